The van der Waals surface area contributed by atoms with E-state index in [1.165, 1.54) is 12.8 Å². The van der Waals surface area contributed by atoms with Crippen molar-refractivity contribution < 1.29 is 4.42 Å². The molecule has 1 aliphatic rings. The van der Waals surface area contributed by atoms with Crippen molar-refractivity contribution in [3.05, 3.63) is 54.5 Å². The van der Waals surface area contributed by atoms with Crippen LogP contribution in [0.5, 0.6) is 0 Å². The molecule has 3 rings (SSSR count). The number of benzene rings is 1. The van der Waals surface area contributed by atoms with Gasteiger partial charge in [-0.05, 0) is 37.1 Å². The first-order valence-electron chi connectivity index (χ1n) is 7.45. The van der Waals surface area contributed by atoms with Gasteiger partial charge in [-0.15, -0.1) is 0 Å². The minimum Gasteiger partial charge on any atom is -0.467 e. The van der Waals surface area contributed by atoms with E-state index in [9.17, 15) is 0 Å². The number of guanidine groups is 1. The average molecular weight is 283 g/mol. The van der Waals surface area contributed by atoms with E-state index in [0.717, 1.165) is 37.0 Å². The van der Waals surface area contributed by atoms with Crippen LogP contribution in [0.2, 0.25) is 0 Å². The zero-order chi connectivity index (χ0) is 14.5. The van der Waals surface area contributed by atoms with Crippen LogP contribution >= 0.6 is 0 Å². The van der Waals surface area contributed by atoms with Crippen molar-refractivity contribution in [2.45, 2.75) is 19.4 Å². The second-order valence-corrected chi connectivity index (χ2v) is 5.38. The molecule has 0 aliphatic carbocycles. The second-order valence-electron chi connectivity index (χ2n) is 5.38. The molecule has 0 amide bonds. The number of hydrogen-bond acceptors (Lipinski definition) is 2. The summed E-state index contributed by atoms with van der Waals surface area (Å²) in [5.41, 5.74) is 0.991. The lowest BCUT2D eigenvalue weighted by Gasteiger charge is -2.28. The van der Waals surface area contributed by atoms with Crippen LogP contribution in [0.3, 0.4) is 0 Å². The Kier molecular flexibility index (Phi) is 4.24. The Bertz CT molecular complexity index is 571. The second kappa shape index (κ2) is 6.48. The van der Waals surface area contributed by atoms with Crippen LogP contribution in [0.4, 0.5) is 5.69 Å². The summed E-state index contributed by atoms with van der Waals surface area (Å²) < 4.78 is 5.45. The molecule has 0 atom stereocenters. The van der Waals surface area contributed by atoms with Gasteiger partial charge in [-0.25, -0.2) is 4.99 Å². The molecule has 21 heavy (non-hydrogen) atoms. The molecule has 0 radical (unpaired) electrons. The van der Waals surface area contributed by atoms with Crippen molar-refractivity contribution >= 4 is 11.6 Å². The molecule has 1 aromatic carbocycles. The lowest BCUT2D eigenvalue weighted by atomic mass is 10.3. The van der Waals surface area contributed by atoms with Gasteiger partial charge in [-0.3, -0.25) is 0 Å². The van der Waals surface area contributed by atoms with E-state index < -0.39 is 0 Å². The SMILES string of the molecule is CN(Cc1ccco1)C(=Nc1ccccc1)N1CCCC1. The zero-order valence-electron chi connectivity index (χ0n) is 12.4. The maximum atomic E-state index is 5.45. The van der Waals surface area contributed by atoms with Crippen molar-refractivity contribution in [2.24, 2.45) is 4.99 Å². The molecule has 110 valence electrons. The lowest BCUT2D eigenvalue weighted by molar-refractivity contribution is 0.355. The van der Waals surface area contributed by atoms with Crippen molar-refractivity contribution in [1.29, 1.82) is 0 Å². The fourth-order valence-electron chi connectivity index (χ4n) is 2.64. The third-order valence-electron chi connectivity index (χ3n) is 3.69. The van der Waals surface area contributed by atoms with E-state index >= 15 is 0 Å². The molecule has 4 nitrogen and oxygen atoms in total. The molecule has 1 aromatic heterocycles. The topological polar surface area (TPSA) is 32.0 Å². The Balaban J connectivity index is 1.83. The Morgan fingerprint density at radius 2 is 1.90 bits per heavy atom. The maximum Gasteiger partial charge on any atom is 0.201 e. The van der Waals surface area contributed by atoms with E-state index in [1.807, 2.05) is 42.5 Å². The van der Waals surface area contributed by atoms with Crippen LogP contribution in [0.1, 0.15) is 18.6 Å². The van der Waals surface area contributed by atoms with Crippen molar-refractivity contribution in [2.75, 3.05) is 20.1 Å². The van der Waals surface area contributed by atoms with E-state index in [0.29, 0.717) is 0 Å². The van der Waals surface area contributed by atoms with E-state index in [1.54, 1.807) is 6.26 Å². The lowest BCUT2D eigenvalue weighted by Crippen LogP contribution is -2.40. The summed E-state index contributed by atoms with van der Waals surface area (Å²) in [6.45, 7) is 2.89. The van der Waals surface area contributed by atoms with Gasteiger partial charge >= 0.3 is 0 Å². The highest BCUT2D eigenvalue weighted by Crippen LogP contribution is 2.17. The summed E-state index contributed by atoms with van der Waals surface area (Å²) in [6.07, 6.45) is 4.19. The van der Waals surface area contributed by atoms with Gasteiger partial charge in [-0.2, -0.15) is 0 Å². The van der Waals surface area contributed by atoms with Crippen LogP contribution in [-0.4, -0.2) is 35.9 Å². The molecule has 4 heteroatoms. The summed E-state index contributed by atoms with van der Waals surface area (Å²) in [7, 11) is 2.07. The summed E-state index contributed by atoms with van der Waals surface area (Å²) in [6, 6.07) is 14.1. The standard InChI is InChI=1S/C17H21N3O/c1-19(14-16-10-7-13-21-16)17(20-11-5-6-12-20)18-15-8-3-2-4-9-15/h2-4,7-10,13H,5-6,11-12,14H2,1H3. The Morgan fingerprint density at radius 1 is 1.14 bits per heavy atom. The molecule has 0 N–H and O–H groups in total. The molecule has 1 aliphatic heterocycles. The maximum absolute atomic E-state index is 5.45. The van der Waals surface area contributed by atoms with Gasteiger partial charge in [0.25, 0.3) is 0 Å². The molecule has 0 unspecified atom stereocenters. The number of furan rings is 1. The highest BCUT2D eigenvalue weighted by atomic mass is 16.3. The van der Waals surface area contributed by atoms with Gasteiger partial charge in [0.1, 0.15) is 5.76 Å². The van der Waals surface area contributed by atoms with Crippen LogP contribution in [0.15, 0.2) is 58.1 Å². The molecule has 0 saturated carbocycles. The summed E-state index contributed by atoms with van der Waals surface area (Å²) in [5.74, 6) is 1.98. The molecule has 2 aromatic rings. The van der Waals surface area contributed by atoms with Crippen LogP contribution in [-0.2, 0) is 6.54 Å². The highest BCUT2D eigenvalue weighted by Gasteiger charge is 2.20. The third kappa shape index (κ3) is 3.45. The number of likely N-dealkylation sites (tertiary alicyclic amines) is 1. The number of nitrogens with zero attached hydrogens (tertiary/aromatic N) is 3. The molecule has 0 spiro atoms. The molecular formula is C17H21N3O. The highest BCUT2D eigenvalue weighted by molar-refractivity contribution is 5.82. The van der Waals surface area contributed by atoms with Crippen molar-refractivity contribution in [3.63, 3.8) is 0 Å². The first-order chi connectivity index (χ1) is 10.3. The smallest absolute Gasteiger partial charge is 0.201 e. The minimum atomic E-state index is 0.731. The predicted molar refractivity (Wildman–Crippen MR) is 84.5 cm³/mol. The number of hydrogen-bond donors (Lipinski definition) is 0. The van der Waals surface area contributed by atoms with Crippen LogP contribution in [0.25, 0.3) is 0 Å². The number of rotatable bonds is 3. The normalized spacial score (nSPS) is 15.5. The van der Waals surface area contributed by atoms with E-state index in [2.05, 4.69) is 16.8 Å². The van der Waals surface area contributed by atoms with E-state index in [4.69, 9.17) is 9.41 Å². The Morgan fingerprint density at radius 3 is 2.57 bits per heavy atom. The summed E-state index contributed by atoms with van der Waals surface area (Å²) in [5, 5.41) is 0. The first kappa shape index (κ1) is 13.7. The largest absolute Gasteiger partial charge is 0.467 e. The third-order valence-corrected chi connectivity index (χ3v) is 3.69. The van der Waals surface area contributed by atoms with Gasteiger partial charge in [0.15, 0.2) is 0 Å². The van der Waals surface area contributed by atoms with E-state index in [-0.39, 0.29) is 0 Å². The van der Waals surface area contributed by atoms with Crippen LogP contribution in [0, 0.1) is 0 Å². The van der Waals surface area contributed by atoms with Crippen LogP contribution < -0.4 is 0 Å². The summed E-state index contributed by atoms with van der Waals surface area (Å²) in [4.78, 5) is 9.37. The quantitative estimate of drug-likeness (QED) is 0.638. The predicted octanol–water partition coefficient (Wildman–Crippen LogP) is 3.49. The van der Waals surface area contributed by atoms with Gasteiger partial charge in [0, 0.05) is 20.1 Å². The molecule has 1 fully saturated rings. The number of aliphatic imine (C=N–C) groups is 1. The molecular weight excluding hydrogens is 262 g/mol. The molecule has 1 saturated heterocycles. The molecule has 2 heterocycles. The first-order valence-corrected chi connectivity index (χ1v) is 7.45. The van der Waals surface area contributed by atoms with Gasteiger partial charge in [0.2, 0.25) is 5.96 Å². The Labute approximate surface area is 125 Å². The minimum absolute atomic E-state index is 0.731. The molecule has 0 bridgehead atoms. The average Bonchev–Trinajstić information content (AvgIpc) is 3.19. The summed E-state index contributed by atoms with van der Waals surface area (Å²) >= 11 is 0. The van der Waals surface area contributed by atoms with Gasteiger partial charge in [0.05, 0.1) is 18.5 Å². The van der Waals surface area contributed by atoms with Crippen molar-refractivity contribution in [3.8, 4) is 0 Å². The van der Waals surface area contributed by atoms with Crippen molar-refractivity contribution in [1.82, 2.24) is 9.80 Å². The number of para-hydroxylation sites is 1. The van der Waals surface area contributed by atoms with Gasteiger partial charge in [-0.1, -0.05) is 18.2 Å². The monoisotopic (exact) mass is 283 g/mol. The Hall–Kier alpha value is -2.23. The fourth-order valence-corrected chi connectivity index (χ4v) is 2.64. The fraction of sp³-hybridized carbons (Fsp3) is 0.353. The zero-order valence-corrected chi connectivity index (χ0v) is 12.4. The van der Waals surface area contributed by atoms with Gasteiger partial charge < -0.3 is 14.2 Å².